The lowest BCUT2D eigenvalue weighted by Gasteiger charge is -2.64. The van der Waals surface area contributed by atoms with Gasteiger partial charge in [0, 0.05) is 5.41 Å². The number of carbonyl (C=O) groups excluding carboxylic acids is 2. The van der Waals surface area contributed by atoms with Crippen LogP contribution in [0.25, 0.3) is 0 Å². The van der Waals surface area contributed by atoms with Gasteiger partial charge in [-0.05, 0) is 32.1 Å². The molecule has 3 N–H and O–H groups in total. The summed E-state index contributed by atoms with van der Waals surface area (Å²) in [5.74, 6) is -1.90. The van der Waals surface area contributed by atoms with Gasteiger partial charge in [0.25, 0.3) is 0 Å². The molecule has 0 aromatic rings. The third-order valence-electron chi connectivity index (χ3n) is 7.10. The average Bonchev–Trinajstić information content (AvgIpc) is 2.87. The van der Waals surface area contributed by atoms with Crippen LogP contribution < -0.4 is 0 Å². The Kier molecular flexibility index (Phi) is 2.40. The molecule has 2 bridgehead atoms. The maximum absolute atomic E-state index is 12.2. The first kappa shape index (κ1) is 14.4. The Balaban J connectivity index is 2.01. The van der Waals surface area contributed by atoms with Crippen LogP contribution in [0, 0.1) is 16.7 Å². The summed E-state index contributed by atoms with van der Waals surface area (Å²) >= 11 is 0. The Morgan fingerprint density at radius 3 is 2.64 bits per heavy atom. The van der Waals surface area contributed by atoms with Gasteiger partial charge in [-0.25, -0.2) is 9.59 Å². The molecule has 4 aliphatic rings. The van der Waals surface area contributed by atoms with E-state index in [1.54, 1.807) is 6.92 Å². The number of aliphatic hydroxyl groups is 3. The highest BCUT2D eigenvalue weighted by Gasteiger charge is 2.85. The molecule has 0 amide bonds. The molecule has 4 fully saturated rings. The van der Waals surface area contributed by atoms with Gasteiger partial charge in [0.15, 0.2) is 6.10 Å². The van der Waals surface area contributed by atoms with Crippen LogP contribution in [-0.4, -0.2) is 57.3 Å². The quantitative estimate of drug-likeness (QED) is 0.498. The second kappa shape index (κ2) is 3.66. The van der Waals surface area contributed by atoms with Crippen LogP contribution in [0.1, 0.15) is 33.1 Å². The highest BCUT2D eigenvalue weighted by atomic mass is 16.6. The molecule has 1 spiro atoms. The average molecular weight is 312 g/mol. The Bertz CT molecular complexity index is 590. The van der Waals surface area contributed by atoms with Gasteiger partial charge in [-0.1, -0.05) is 6.92 Å². The number of rotatable bonds is 0. The van der Waals surface area contributed by atoms with E-state index in [1.807, 2.05) is 6.92 Å². The van der Waals surface area contributed by atoms with Crippen LogP contribution in [-0.2, 0) is 19.1 Å². The number of aliphatic hydroxyl groups excluding tert-OH is 1. The Labute approximate surface area is 127 Å². The maximum atomic E-state index is 12.2. The zero-order valence-corrected chi connectivity index (χ0v) is 12.5. The normalized spacial score (nSPS) is 59.6. The molecule has 7 nitrogen and oxygen atoms in total. The molecule has 2 saturated heterocycles. The molecule has 2 heterocycles. The summed E-state index contributed by atoms with van der Waals surface area (Å²) in [5, 5.41) is 33.1. The molecule has 2 aliphatic heterocycles. The van der Waals surface area contributed by atoms with Gasteiger partial charge in [0.05, 0.1) is 11.0 Å². The molecular weight excluding hydrogens is 292 g/mol. The van der Waals surface area contributed by atoms with Crippen molar-refractivity contribution < 1.29 is 34.4 Å². The minimum Gasteiger partial charge on any atom is -0.463 e. The first-order valence-corrected chi connectivity index (χ1v) is 7.66. The molecule has 22 heavy (non-hydrogen) atoms. The van der Waals surface area contributed by atoms with E-state index < -0.39 is 46.2 Å². The van der Waals surface area contributed by atoms with Gasteiger partial charge >= 0.3 is 11.9 Å². The van der Waals surface area contributed by atoms with E-state index in [0.29, 0.717) is 12.8 Å². The molecule has 0 aromatic heterocycles. The first-order valence-electron chi connectivity index (χ1n) is 7.66. The van der Waals surface area contributed by atoms with Crippen molar-refractivity contribution >= 4 is 11.9 Å². The van der Waals surface area contributed by atoms with Gasteiger partial charge in [-0.3, -0.25) is 0 Å². The number of carbonyl (C=O) groups is 2. The first-order chi connectivity index (χ1) is 10.1. The largest absolute Gasteiger partial charge is 0.463 e. The number of cyclic esters (lactones) is 1. The lowest BCUT2D eigenvalue weighted by Crippen LogP contribution is -2.80. The summed E-state index contributed by atoms with van der Waals surface area (Å²) < 4.78 is 10.2. The smallest absolute Gasteiger partial charge is 0.342 e. The third-order valence-corrected chi connectivity index (χ3v) is 7.10. The molecule has 7 atom stereocenters. The lowest BCUT2D eigenvalue weighted by molar-refractivity contribution is -0.320. The fraction of sp³-hybridized carbons (Fsp3) is 0.867. The van der Waals surface area contributed by atoms with E-state index in [-0.39, 0.29) is 18.9 Å². The molecule has 4 rings (SSSR count). The minimum absolute atomic E-state index is 0.0543. The highest BCUT2D eigenvalue weighted by molar-refractivity contribution is 5.87. The zero-order valence-electron chi connectivity index (χ0n) is 12.5. The third kappa shape index (κ3) is 1.07. The van der Waals surface area contributed by atoms with Crippen LogP contribution in [0.4, 0.5) is 0 Å². The lowest BCUT2D eigenvalue weighted by atomic mass is 9.44. The second-order valence-corrected chi connectivity index (χ2v) is 7.55. The monoisotopic (exact) mass is 312 g/mol. The van der Waals surface area contributed by atoms with Crippen molar-refractivity contribution in [2.24, 2.45) is 16.7 Å². The molecular formula is C15H20O7. The molecule has 122 valence electrons. The van der Waals surface area contributed by atoms with Gasteiger partial charge in [0.1, 0.15) is 12.7 Å². The Morgan fingerprint density at radius 1 is 1.27 bits per heavy atom. The van der Waals surface area contributed by atoms with Gasteiger partial charge in [-0.2, -0.15) is 0 Å². The number of ether oxygens (including phenoxy) is 2. The Hall–Kier alpha value is -1.18. The van der Waals surface area contributed by atoms with Crippen molar-refractivity contribution in [2.45, 2.75) is 56.5 Å². The molecule has 0 radical (unpaired) electrons. The standard InChI is InChI=1S/C15H20O7/c1-7-3-4-14(19)12(2)6-21-11(18)15(12,20)8-5-13(7,14)9(16)10(17)22-8/h7-9,16,19-20H,3-6H2,1-2H3/t7-,8+,9+,12+,13+,14+,15-/m1/s1. The minimum atomic E-state index is -2.08. The van der Waals surface area contributed by atoms with E-state index in [9.17, 15) is 24.9 Å². The van der Waals surface area contributed by atoms with Crippen LogP contribution in [0.5, 0.6) is 0 Å². The summed E-state index contributed by atoms with van der Waals surface area (Å²) in [6, 6.07) is 0. The van der Waals surface area contributed by atoms with Crippen LogP contribution >= 0.6 is 0 Å². The summed E-state index contributed by atoms with van der Waals surface area (Å²) in [7, 11) is 0. The molecule has 7 heteroatoms. The molecule has 0 unspecified atom stereocenters. The summed E-state index contributed by atoms with van der Waals surface area (Å²) in [4.78, 5) is 24.3. The van der Waals surface area contributed by atoms with E-state index in [1.165, 1.54) is 0 Å². The number of hydrogen-bond acceptors (Lipinski definition) is 7. The zero-order chi connectivity index (χ0) is 16.1. The van der Waals surface area contributed by atoms with Crippen LogP contribution in [0.15, 0.2) is 0 Å². The topological polar surface area (TPSA) is 113 Å². The number of esters is 2. The summed E-state index contributed by atoms with van der Waals surface area (Å²) in [5.41, 5.74) is -6.10. The van der Waals surface area contributed by atoms with Crippen molar-refractivity contribution in [3.8, 4) is 0 Å². The van der Waals surface area contributed by atoms with E-state index >= 15 is 0 Å². The number of hydrogen-bond donors (Lipinski definition) is 3. The van der Waals surface area contributed by atoms with Crippen molar-refractivity contribution in [3.05, 3.63) is 0 Å². The predicted octanol–water partition coefficient (Wildman–Crippen LogP) is -0.882. The van der Waals surface area contributed by atoms with Gasteiger partial charge in [-0.15, -0.1) is 0 Å². The fourth-order valence-corrected chi connectivity index (χ4v) is 5.66. The van der Waals surface area contributed by atoms with Crippen molar-refractivity contribution in [2.75, 3.05) is 6.61 Å². The van der Waals surface area contributed by atoms with Crippen molar-refractivity contribution in [1.29, 1.82) is 0 Å². The number of fused-ring (bicyclic) bond motifs is 4. The van der Waals surface area contributed by atoms with E-state index in [4.69, 9.17) is 9.47 Å². The van der Waals surface area contributed by atoms with Crippen LogP contribution in [0.3, 0.4) is 0 Å². The second-order valence-electron chi connectivity index (χ2n) is 7.55. The molecule has 2 saturated carbocycles. The van der Waals surface area contributed by atoms with E-state index in [0.717, 1.165) is 0 Å². The predicted molar refractivity (Wildman–Crippen MR) is 70.3 cm³/mol. The molecule has 2 aliphatic carbocycles. The van der Waals surface area contributed by atoms with Gasteiger partial charge < -0.3 is 24.8 Å². The maximum Gasteiger partial charge on any atom is 0.342 e. The molecule has 0 aromatic carbocycles. The van der Waals surface area contributed by atoms with E-state index in [2.05, 4.69) is 0 Å². The highest BCUT2D eigenvalue weighted by Crippen LogP contribution is 2.71. The summed E-state index contributed by atoms with van der Waals surface area (Å²) in [6.45, 7) is 3.30. The van der Waals surface area contributed by atoms with Gasteiger partial charge in [0.2, 0.25) is 5.60 Å². The fourth-order valence-electron chi connectivity index (χ4n) is 5.66. The van der Waals surface area contributed by atoms with Crippen LogP contribution in [0.2, 0.25) is 0 Å². The van der Waals surface area contributed by atoms with Crippen molar-refractivity contribution in [1.82, 2.24) is 0 Å². The SMILES string of the molecule is C[C@@H]1CC[C@@]2(O)[C@@]13C[C@H](OC(=O)[C@@H]3O)[C@@]1(O)C(=O)OC[C@@]21C. The Morgan fingerprint density at radius 2 is 1.95 bits per heavy atom. The van der Waals surface area contributed by atoms with Crippen molar-refractivity contribution in [3.63, 3.8) is 0 Å². The summed E-state index contributed by atoms with van der Waals surface area (Å²) in [6.07, 6.45) is -1.64.